The molecule has 23 heteroatoms. The fourth-order valence-corrected chi connectivity index (χ4v) is 12.1. The smallest absolute Gasteiger partial charge is 0.410 e. The lowest BCUT2D eigenvalue weighted by atomic mass is 9.85. The number of allylic oxidation sites excluding steroid dienone is 1. The van der Waals surface area contributed by atoms with Crippen LogP contribution >= 0.6 is 11.3 Å². The summed E-state index contributed by atoms with van der Waals surface area (Å²) >= 11 is 1.11. The van der Waals surface area contributed by atoms with Crippen LogP contribution in [0.15, 0.2) is 40.5 Å². The zero-order chi connectivity index (χ0) is 57.5. The highest BCUT2D eigenvalue weighted by Gasteiger charge is 2.55. The Morgan fingerprint density at radius 2 is 1.75 bits per heavy atom. The van der Waals surface area contributed by atoms with Crippen molar-refractivity contribution >= 4 is 64.3 Å². The first-order chi connectivity index (χ1) is 37.1. The Balaban J connectivity index is 1.17. The van der Waals surface area contributed by atoms with E-state index in [2.05, 4.69) is 27.1 Å². The van der Waals surface area contributed by atoms with Gasteiger partial charge in [-0.25, -0.2) is 19.6 Å². The van der Waals surface area contributed by atoms with E-state index in [-0.39, 0.29) is 73.2 Å². The SMILES string of the molecule is C=C(/C=N\C(=C\c1c2c3cc(c(F)cc3n1CC(F)(F)F)-c1csc(n1)C[C@H](NC(=O)[C@H](C(C)C)N1CC[C@@]3(CCN(C(=O)OC(C)(C)C)C3)C1=O)C(=O)N1CCC[C@H](N1)C(=O)OCC(C)(C)C2)[C@H](C)OC)N1CCN(C)CC1. The van der Waals surface area contributed by atoms with Gasteiger partial charge in [0.05, 0.1) is 40.0 Å². The van der Waals surface area contributed by atoms with Crippen LogP contribution in [-0.2, 0) is 52.8 Å². The largest absolute Gasteiger partial charge is 0.464 e. The van der Waals surface area contributed by atoms with Crippen LogP contribution < -0.4 is 10.7 Å². The molecule has 18 nitrogen and oxygen atoms in total. The first-order valence-corrected chi connectivity index (χ1v) is 28.0. The third-order valence-electron chi connectivity index (χ3n) is 15.6. The summed E-state index contributed by atoms with van der Waals surface area (Å²) in [6.45, 7) is 20.8. The number of esters is 1. The molecule has 0 saturated carbocycles. The van der Waals surface area contributed by atoms with Crippen LogP contribution in [0.1, 0.15) is 97.3 Å². The number of carbonyl (C=O) groups excluding carboxylic acids is 5. The number of fused-ring (bicyclic) bond motifs is 6. The van der Waals surface area contributed by atoms with Gasteiger partial charge in [0.15, 0.2) is 0 Å². The lowest BCUT2D eigenvalue weighted by Gasteiger charge is -2.36. The number of cyclic esters (lactones) is 1. The Labute approximate surface area is 463 Å². The number of aromatic nitrogens is 2. The van der Waals surface area contributed by atoms with Crippen molar-refractivity contribution < 1.29 is 55.7 Å². The molecule has 0 radical (unpaired) electrons. The van der Waals surface area contributed by atoms with Gasteiger partial charge in [-0.05, 0) is 96.5 Å². The minimum Gasteiger partial charge on any atom is -0.464 e. The maximum Gasteiger partial charge on any atom is 0.410 e. The zero-order valence-corrected chi connectivity index (χ0v) is 47.9. The van der Waals surface area contributed by atoms with E-state index in [1.165, 1.54) is 34.1 Å². The number of hydrogen-bond acceptors (Lipinski definition) is 14. The normalized spacial score (nSPS) is 23.7. The van der Waals surface area contributed by atoms with E-state index in [4.69, 9.17) is 24.2 Å². The van der Waals surface area contributed by atoms with Gasteiger partial charge in [-0.1, -0.05) is 34.3 Å². The van der Waals surface area contributed by atoms with E-state index in [0.717, 1.165) is 35.1 Å². The topological polar surface area (TPSA) is 183 Å². The van der Waals surface area contributed by atoms with Crippen LogP contribution in [0.25, 0.3) is 28.2 Å². The number of hydrazine groups is 1. The summed E-state index contributed by atoms with van der Waals surface area (Å²) in [6.07, 6.45) is -1.47. The van der Waals surface area contributed by atoms with Crippen molar-refractivity contribution in [1.29, 1.82) is 0 Å². The second-order valence-electron chi connectivity index (χ2n) is 23.9. The molecule has 5 aliphatic heterocycles. The van der Waals surface area contributed by atoms with Crippen molar-refractivity contribution in [1.82, 2.24) is 44.9 Å². The predicted octanol–water partition coefficient (Wildman–Crippen LogP) is 7.21. The van der Waals surface area contributed by atoms with Gasteiger partial charge in [0.25, 0.3) is 5.91 Å². The second-order valence-corrected chi connectivity index (χ2v) is 24.9. The molecular weight excluding hydrogens is 1050 g/mol. The van der Waals surface area contributed by atoms with E-state index in [1.54, 1.807) is 53.1 Å². The van der Waals surface area contributed by atoms with E-state index in [0.29, 0.717) is 67.0 Å². The van der Waals surface area contributed by atoms with Gasteiger partial charge in [0.1, 0.15) is 36.1 Å². The number of alkyl halides is 3. The maximum absolute atomic E-state index is 16.9. The quantitative estimate of drug-likeness (QED) is 0.112. The minimum absolute atomic E-state index is 0.0146. The van der Waals surface area contributed by atoms with E-state index < -0.39 is 89.0 Å². The Kier molecular flexibility index (Phi) is 17.5. The van der Waals surface area contributed by atoms with Crippen molar-refractivity contribution in [3.8, 4) is 11.3 Å². The first kappa shape index (κ1) is 59.2. The van der Waals surface area contributed by atoms with E-state index >= 15 is 4.39 Å². The van der Waals surface area contributed by atoms with Gasteiger partial charge < -0.3 is 43.7 Å². The standard InChI is InChI=1S/C56H76F4N10O8S/c1-33(2)47(68-18-15-55(51(68)74)14-17-67(30-55)52(75)78-53(5,6)7)48(71)63-42-26-46-62-43(29-79-46)37-23-36-38(27-54(8,9)32-77-50(73)40-13-12-16-70(64-40)49(42)72)45(69(31-56(58,59)60)44(36)24-39(37)57)25-41(35(4)76-11)61-28-34(3)66-21-19-65(10)20-22-66/h23-25,28-29,33,35,40,42,47,64H,3,12-22,26-27,30-32H2,1-2,4-11H3,(H,63,71)/b41-25+,61-28-/t35-,40-,42-,47-,55+/m0/s1. The maximum atomic E-state index is 16.9. The van der Waals surface area contributed by atoms with Crippen LogP contribution in [0, 0.1) is 22.6 Å². The van der Waals surface area contributed by atoms with Crippen molar-refractivity contribution in [3.05, 3.63) is 57.6 Å². The first-order valence-electron chi connectivity index (χ1n) is 27.2. The Morgan fingerprint density at radius 1 is 1.04 bits per heavy atom. The number of methoxy groups -OCH3 is 1. The second kappa shape index (κ2) is 23.3. The third-order valence-corrected chi connectivity index (χ3v) is 16.4. The molecule has 1 aromatic carbocycles. The van der Waals surface area contributed by atoms with Gasteiger partial charge in [-0.2, -0.15) is 13.2 Å². The van der Waals surface area contributed by atoms with Gasteiger partial charge >= 0.3 is 18.2 Å². The molecule has 79 heavy (non-hydrogen) atoms. The summed E-state index contributed by atoms with van der Waals surface area (Å²) < 4.78 is 79.8. The molecule has 432 valence electrons. The number of hydrogen-bond donors (Lipinski definition) is 2. The number of thiazole rings is 1. The number of nitrogens with zero attached hydrogens (tertiary/aromatic N) is 8. The Hall–Kier alpha value is -5.91. The number of nitrogens with one attached hydrogen (secondary N) is 2. The minimum atomic E-state index is -4.75. The highest BCUT2D eigenvalue weighted by atomic mass is 32.1. The summed E-state index contributed by atoms with van der Waals surface area (Å²) in [6, 6.07) is -0.734. The van der Waals surface area contributed by atoms with Crippen LogP contribution in [0.4, 0.5) is 22.4 Å². The molecule has 5 atom stereocenters. The molecule has 8 rings (SSSR count). The summed E-state index contributed by atoms with van der Waals surface area (Å²) in [5.74, 6) is -3.38. The van der Waals surface area contributed by atoms with Crippen molar-refractivity contribution in [3.63, 3.8) is 0 Å². The molecule has 3 aromatic rings. The van der Waals surface area contributed by atoms with Crippen molar-refractivity contribution in [2.75, 3.05) is 73.1 Å². The fourth-order valence-electron chi connectivity index (χ4n) is 11.2. The number of amides is 4. The molecule has 0 unspecified atom stereocenters. The number of carbonyl (C=O) groups is 5. The molecule has 1 spiro atoms. The van der Waals surface area contributed by atoms with Crippen LogP contribution in [-0.4, -0.2) is 179 Å². The Bertz CT molecular complexity index is 2890. The molecule has 5 aliphatic rings. The number of likely N-dealkylation sites (tertiary alicyclic amines) is 2. The number of halogens is 4. The number of aliphatic imine (C=N–C) groups is 1. The number of piperazine rings is 1. The molecule has 0 aliphatic carbocycles. The summed E-state index contributed by atoms with van der Waals surface area (Å²) in [7, 11) is 3.50. The molecule has 7 heterocycles. The predicted molar refractivity (Wildman–Crippen MR) is 292 cm³/mol. The van der Waals surface area contributed by atoms with Crippen molar-refractivity contribution in [2.45, 2.75) is 136 Å². The molecule has 6 bridgehead atoms. The summed E-state index contributed by atoms with van der Waals surface area (Å²) in [4.78, 5) is 88.0. The highest BCUT2D eigenvalue weighted by Crippen LogP contribution is 2.43. The van der Waals surface area contributed by atoms with Gasteiger partial charge in [0.2, 0.25) is 11.8 Å². The van der Waals surface area contributed by atoms with E-state index in [9.17, 15) is 37.1 Å². The van der Waals surface area contributed by atoms with Crippen LogP contribution in [0.3, 0.4) is 0 Å². The third kappa shape index (κ3) is 13.5. The van der Waals surface area contributed by atoms with Crippen LogP contribution in [0.2, 0.25) is 0 Å². The molecule has 2 aromatic heterocycles. The average molecular weight is 1130 g/mol. The zero-order valence-electron chi connectivity index (χ0n) is 47.1. The molecule has 2 N–H and O–H groups in total. The van der Waals surface area contributed by atoms with Crippen LogP contribution in [0.5, 0.6) is 0 Å². The van der Waals surface area contributed by atoms with Gasteiger partial charge in [0, 0.05) is 105 Å². The number of ether oxygens (including phenoxy) is 3. The van der Waals surface area contributed by atoms with Gasteiger partial charge in [-0.15, -0.1) is 11.3 Å². The number of likely N-dealkylation sites (N-methyl/N-ethyl adjacent to an activating group) is 1. The number of rotatable bonds is 11. The summed E-state index contributed by atoms with van der Waals surface area (Å²) in [5, 5.41) is 6.45. The molecule has 4 saturated heterocycles. The van der Waals surface area contributed by atoms with Crippen molar-refractivity contribution in [2.24, 2.45) is 21.7 Å². The highest BCUT2D eigenvalue weighted by molar-refractivity contribution is 7.10. The molecule has 4 fully saturated rings. The number of benzene rings is 1. The lowest BCUT2D eigenvalue weighted by Crippen LogP contribution is -2.62. The Morgan fingerprint density at radius 3 is 2.42 bits per heavy atom. The fraction of sp³-hybridized carbons (Fsp3) is 0.625. The summed E-state index contributed by atoms with van der Waals surface area (Å²) in [5.41, 5.74) is 1.99. The monoisotopic (exact) mass is 1120 g/mol. The average Bonchev–Trinajstić information content (AvgIpc) is 4.39. The van der Waals surface area contributed by atoms with Gasteiger partial charge in [-0.3, -0.25) is 29.2 Å². The molecule has 4 amide bonds. The molecular formula is C56H76F4N10O8S. The van der Waals surface area contributed by atoms with E-state index in [1.807, 2.05) is 20.9 Å². The lowest BCUT2D eigenvalue weighted by molar-refractivity contribution is -0.155.